The predicted octanol–water partition coefficient (Wildman–Crippen LogP) is 4.26. The number of rotatable bonds is 4. The van der Waals surface area contributed by atoms with Gasteiger partial charge in [0.05, 0.1) is 46.8 Å². The molecule has 2 aromatic rings. The lowest BCUT2D eigenvalue weighted by atomic mass is 9.86. The fourth-order valence-corrected chi connectivity index (χ4v) is 5.56. The molecule has 1 amide bonds. The molecule has 0 aliphatic carbocycles. The zero-order chi connectivity index (χ0) is 22.5. The number of fused-ring (bicyclic) bond motifs is 2. The van der Waals surface area contributed by atoms with Crippen LogP contribution in [0.2, 0.25) is 5.02 Å². The third-order valence-electron chi connectivity index (χ3n) is 6.77. The van der Waals surface area contributed by atoms with Crippen LogP contribution in [0, 0.1) is 6.92 Å². The minimum Gasteiger partial charge on any atom is -0.375 e. The summed E-state index contributed by atoms with van der Waals surface area (Å²) >= 11 is 6.81. The van der Waals surface area contributed by atoms with Crippen LogP contribution in [0.4, 0.5) is 11.4 Å². The highest BCUT2D eigenvalue weighted by Crippen LogP contribution is 2.42. The molecule has 2 saturated heterocycles. The summed E-state index contributed by atoms with van der Waals surface area (Å²) in [5.41, 5.74) is 8.85. The lowest BCUT2D eigenvalue weighted by Gasteiger charge is -2.42. The first kappa shape index (κ1) is 21.2. The Morgan fingerprint density at radius 2 is 1.97 bits per heavy atom. The summed E-state index contributed by atoms with van der Waals surface area (Å²) in [6.45, 7) is 3.86. The molecule has 1 aromatic carbocycles. The smallest absolute Gasteiger partial charge is 0.232 e. The van der Waals surface area contributed by atoms with E-state index in [1.165, 1.54) is 0 Å². The molecule has 3 aliphatic heterocycles. The summed E-state index contributed by atoms with van der Waals surface area (Å²) in [6, 6.07) is 9.66. The Balaban J connectivity index is 1.42. The number of benzene rings is 1. The van der Waals surface area contributed by atoms with Gasteiger partial charge in [-0.1, -0.05) is 23.7 Å². The van der Waals surface area contributed by atoms with Gasteiger partial charge in [0.2, 0.25) is 5.91 Å². The number of hydrogen-bond acceptors (Lipinski definition) is 6. The SMILES string of the molecule is Cc1ccc(Nc2cccc([C@]3(C)CC(=O)N(C4CC5CC[C@H](C4)O5)C(N)=N3)c2Cl)cn1. The summed E-state index contributed by atoms with van der Waals surface area (Å²) in [5.74, 6) is 0.260. The highest BCUT2D eigenvalue weighted by atomic mass is 35.5. The van der Waals surface area contributed by atoms with E-state index < -0.39 is 5.54 Å². The van der Waals surface area contributed by atoms with Gasteiger partial charge in [-0.05, 0) is 57.7 Å². The van der Waals surface area contributed by atoms with Crippen molar-refractivity contribution >= 4 is 34.8 Å². The molecule has 3 aliphatic rings. The quantitative estimate of drug-likeness (QED) is 0.721. The number of nitrogens with two attached hydrogens (primary N) is 1. The minimum absolute atomic E-state index is 0.0107. The summed E-state index contributed by atoms with van der Waals surface area (Å²) in [7, 11) is 0. The van der Waals surface area contributed by atoms with Gasteiger partial charge in [0, 0.05) is 17.3 Å². The van der Waals surface area contributed by atoms with Crippen molar-refractivity contribution in [2.75, 3.05) is 5.32 Å². The number of aryl methyl sites for hydroxylation is 1. The van der Waals surface area contributed by atoms with Crippen LogP contribution in [0.1, 0.15) is 50.3 Å². The van der Waals surface area contributed by atoms with Gasteiger partial charge in [-0.2, -0.15) is 0 Å². The third-order valence-corrected chi connectivity index (χ3v) is 7.18. The fraction of sp³-hybridized carbons (Fsp3) is 0.458. The van der Waals surface area contributed by atoms with Crippen LogP contribution in [0.3, 0.4) is 0 Å². The Morgan fingerprint density at radius 3 is 2.62 bits per heavy atom. The average Bonchev–Trinajstić information content (AvgIpc) is 3.08. The van der Waals surface area contributed by atoms with Crippen LogP contribution in [-0.2, 0) is 15.1 Å². The molecule has 2 unspecified atom stereocenters. The number of pyridine rings is 1. The van der Waals surface area contributed by atoms with Crippen molar-refractivity contribution in [2.24, 2.45) is 10.7 Å². The van der Waals surface area contributed by atoms with Crippen molar-refractivity contribution in [3.8, 4) is 0 Å². The molecule has 1 aromatic heterocycles. The van der Waals surface area contributed by atoms with E-state index in [0.717, 1.165) is 48.3 Å². The maximum Gasteiger partial charge on any atom is 0.232 e. The van der Waals surface area contributed by atoms with E-state index in [1.807, 2.05) is 44.2 Å². The molecule has 3 N–H and O–H groups in total. The number of nitrogens with one attached hydrogen (secondary N) is 1. The number of halogens is 1. The van der Waals surface area contributed by atoms with Crippen LogP contribution in [-0.4, -0.2) is 40.0 Å². The molecule has 32 heavy (non-hydrogen) atoms. The number of nitrogens with zero attached hydrogens (tertiary/aromatic N) is 3. The monoisotopic (exact) mass is 453 g/mol. The first-order valence-electron chi connectivity index (χ1n) is 11.1. The maximum absolute atomic E-state index is 13.3. The third kappa shape index (κ3) is 3.84. The van der Waals surface area contributed by atoms with E-state index in [9.17, 15) is 4.79 Å². The van der Waals surface area contributed by atoms with Gasteiger partial charge in [-0.3, -0.25) is 14.7 Å². The van der Waals surface area contributed by atoms with Gasteiger partial charge >= 0.3 is 0 Å². The number of amides is 1. The van der Waals surface area contributed by atoms with E-state index in [1.54, 1.807) is 11.1 Å². The van der Waals surface area contributed by atoms with Gasteiger partial charge in [0.15, 0.2) is 5.96 Å². The number of anilines is 2. The maximum atomic E-state index is 13.3. The lowest BCUT2D eigenvalue weighted by Crippen LogP contribution is -2.56. The van der Waals surface area contributed by atoms with E-state index in [-0.39, 0.29) is 36.5 Å². The highest BCUT2D eigenvalue weighted by molar-refractivity contribution is 6.34. The minimum atomic E-state index is -0.831. The van der Waals surface area contributed by atoms with Gasteiger partial charge in [0.25, 0.3) is 0 Å². The Morgan fingerprint density at radius 1 is 1.22 bits per heavy atom. The van der Waals surface area contributed by atoms with Crippen LogP contribution in [0.25, 0.3) is 0 Å². The average molecular weight is 454 g/mol. The molecule has 4 atom stereocenters. The second-order valence-corrected chi connectivity index (χ2v) is 9.63. The van der Waals surface area contributed by atoms with E-state index >= 15 is 0 Å². The standard InChI is InChI=1S/C24H28ClN5O2/c1-14-6-7-15(13-27-14)28-20-5-3-4-19(22(20)25)24(2)12-21(31)30(23(26)29-24)16-10-17-8-9-18(11-16)32-17/h3-7,13,16-18,28H,8-12H2,1-2H3,(H2,26,29)/t16?,17-,18?,24+/m1/s1. The first-order chi connectivity index (χ1) is 15.3. The topological polar surface area (TPSA) is 92.8 Å². The Hall–Kier alpha value is -2.64. The van der Waals surface area contributed by atoms with Crippen molar-refractivity contribution in [3.63, 3.8) is 0 Å². The van der Waals surface area contributed by atoms with Gasteiger partial charge in [0.1, 0.15) is 0 Å². The van der Waals surface area contributed by atoms with Gasteiger partial charge < -0.3 is 15.8 Å². The molecule has 168 valence electrons. The molecular weight excluding hydrogens is 426 g/mol. The van der Waals surface area contributed by atoms with Gasteiger partial charge in [-0.15, -0.1) is 0 Å². The molecular formula is C24H28ClN5O2. The van der Waals surface area contributed by atoms with Crippen molar-refractivity contribution in [2.45, 2.75) is 69.7 Å². The number of carbonyl (C=O) groups excluding carboxylic acids is 1. The largest absolute Gasteiger partial charge is 0.375 e. The molecule has 0 spiro atoms. The van der Waals surface area contributed by atoms with Crippen molar-refractivity contribution in [1.82, 2.24) is 9.88 Å². The Labute approximate surface area is 193 Å². The molecule has 5 rings (SSSR count). The lowest BCUT2D eigenvalue weighted by molar-refractivity contribution is -0.134. The van der Waals surface area contributed by atoms with Crippen LogP contribution in [0.5, 0.6) is 0 Å². The van der Waals surface area contributed by atoms with Crippen molar-refractivity contribution in [3.05, 3.63) is 52.8 Å². The number of aliphatic imine (C=N–C) groups is 1. The molecule has 4 heterocycles. The normalized spacial score (nSPS) is 29.7. The molecule has 0 radical (unpaired) electrons. The molecule has 2 bridgehead atoms. The van der Waals surface area contributed by atoms with Crippen molar-refractivity contribution in [1.29, 1.82) is 0 Å². The first-order valence-corrected chi connectivity index (χ1v) is 11.5. The number of ether oxygens (including phenoxy) is 1. The van der Waals surface area contributed by atoms with E-state index in [2.05, 4.69) is 10.3 Å². The summed E-state index contributed by atoms with van der Waals surface area (Å²) < 4.78 is 5.94. The predicted molar refractivity (Wildman–Crippen MR) is 125 cm³/mol. The molecule has 0 saturated carbocycles. The molecule has 2 fully saturated rings. The van der Waals surface area contributed by atoms with Crippen molar-refractivity contribution < 1.29 is 9.53 Å². The van der Waals surface area contributed by atoms with E-state index in [4.69, 9.17) is 27.1 Å². The van der Waals surface area contributed by atoms with Crippen LogP contribution in [0.15, 0.2) is 41.5 Å². The summed E-state index contributed by atoms with van der Waals surface area (Å²) in [5, 5.41) is 3.84. The number of guanidine groups is 1. The summed E-state index contributed by atoms with van der Waals surface area (Å²) in [4.78, 5) is 24.1. The molecule has 8 heteroatoms. The second-order valence-electron chi connectivity index (χ2n) is 9.25. The van der Waals surface area contributed by atoms with Gasteiger partial charge in [-0.25, -0.2) is 4.99 Å². The fourth-order valence-electron chi connectivity index (χ4n) is 5.18. The number of carbonyl (C=O) groups is 1. The van der Waals surface area contributed by atoms with Crippen LogP contribution >= 0.6 is 11.6 Å². The Kier molecular flexibility index (Phi) is 5.34. The number of hydrogen-bond donors (Lipinski definition) is 2. The molecule has 7 nitrogen and oxygen atoms in total. The zero-order valence-electron chi connectivity index (χ0n) is 18.3. The summed E-state index contributed by atoms with van der Waals surface area (Å²) in [6.07, 6.45) is 6.19. The number of aromatic nitrogens is 1. The zero-order valence-corrected chi connectivity index (χ0v) is 19.1. The second kappa shape index (κ2) is 8.05. The van der Waals surface area contributed by atoms with E-state index in [0.29, 0.717) is 5.02 Å². The van der Waals surface area contributed by atoms with Crippen LogP contribution < -0.4 is 11.1 Å². The highest BCUT2D eigenvalue weighted by Gasteiger charge is 2.45. The Bertz CT molecular complexity index is 1060.